The van der Waals surface area contributed by atoms with Crippen LogP contribution in [0.15, 0.2) is 213 Å². The number of para-hydroxylation sites is 3. The molecular formula is C57H35N5S2Si. The van der Waals surface area contributed by atoms with E-state index < -0.39 is 8.07 Å². The van der Waals surface area contributed by atoms with Gasteiger partial charge in [0.25, 0.3) is 0 Å². The number of hydrogen-bond acceptors (Lipinski definition) is 5. The normalized spacial score (nSPS) is 12.3. The molecular weight excluding hydrogens is 847 g/mol. The fraction of sp³-hybridized carbons (Fsp3) is 0. The Morgan fingerprint density at radius 2 is 0.708 bits per heavy atom. The molecule has 0 aliphatic rings. The van der Waals surface area contributed by atoms with E-state index >= 15 is 0 Å². The minimum Gasteiger partial charge on any atom is -0.308 e. The van der Waals surface area contributed by atoms with Gasteiger partial charge in [-0.3, -0.25) is 15.0 Å². The average molecular weight is 882 g/mol. The number of thiophene rings is 2. The molecule has 0 aliphatic heterocycles. The highest BCUT2D eigenvalue weighted by Crippen LogP contribution is 2.43. The van der Waals surface area contributed by atoms with Crippen LogP contribution in [0, 0.1) is 0 Å². The fourth-order valence-corrected chi connectivity index (χ4v) is 18.9. The topological polar surface area (TPSA) is 48.5 Å². The van der Waals surface area contributed by atoms with Crippen molar-refractivity contribution in [3.63, 3.8) is 0 Å². The van der Waals surface area contributed by atoms with Crippen LogP contribution in [0.5, 0.6) is 0 Å². The van der Waals surface area contributed by atoms with Crippen LogP contribution in [0.3, 0.4) is 0 Å². The van der Waals surface area contributed by atoms with Gasteiger partial charge in [-0.05, 0) is 58.9 Å². The lowest BCUT2D eigenvalue weighted by atomic mass is 10.1. The summed E-state index contributed by atoms with van der Waals surface area (Å²) in [5, 5.41) is 14.5. The van der Waals surface area contributed by atoms with E-state index in [0.717, 1.165) is 27.4 Å². The molecule has 0 saturated heterocycles. The van der Waals surface area contributed by atoms with Crippen molar-refractivity contribution < 1.29 is 0 Å². The summed E-state index contributed by atoms with van der Waals surface area (Å²) < 4.78 is 9.71. The van der Waals surface area contributed by atoms with Gasteiger partial charge >= 0.3 is 0 Å². The molecule has 7 heterocycles. The molecule has 0 unspecified atom stereocenters. The predicted octanol–water partition coefficient (Wildman–Crippen LogP) is 12.2. The molecule has 14 aromatic rings. The number of aromatic nitrogens is 5. The molecule has 7 aromatic carbocycles. The Morgan fingerprint density at radius 3 is 1.20 bits per heavy atom. The molecule has 0 spiro atoms. The van der Waals surface area contributed by atoms with Crippen LogP contribution in [0.2, 0.25) is 0 Å². The first kappa shape index (κ1) is 36.7. The third kappa shape index (κ3) is 5.09. The molecule has 0 atom stereocenters. The van der Waals surface area contributed by atoms with Crippen LogP contribution in [-0.2, 0) is 0 Å². The number of nitrogens with zero attached hydrogens (tertiary/aromatic N) is 5. The monoisotopic (exact) mass is 881 g/mol. The highest BCUT2D eigenvalue weighted by molar-refractivity contribution is 7.33. The lowest BCUT2D eigenvalue weighted by Crippen LogP contribution is -2.76. The van der Waals surface area contributed by atoms with Crippen molar-refractivity contribution in [1.82, 2.24) is 24.1 Å². The molecule has 0 N–H and O–H groups in total. The molecule has 0 saturated carbocycles. The summed E-state index contributed by atoms with van der Waals surface area (Å²) in [4.78, 5) is 15.8. The maximum Gasteiger partial charge on any atom is 0.227 e. The Morgan fingerprint density at radius 1 is 0.323 bits per heavy atom. The summed E-state index contributed by atoms with van der Waals surface area (Å²) in [6.07, 6.45) is 7.98. The van der Waals surface area contributed by atoms with Crippen molar-refractivity contribution >= 4 is 136 Å². The van der Waals surface area contributed by atoms with Gasteiger partial charge in [0.05, 0.1) is 69.1 Å². The molecule has 0 fully saturated rings. The minimum absolute atomic E-state index is 1.09. The Balaban J connectivity index is 1.10. The van der Waals surface area contributed by atoms with E-state index in [1.165, 1.54) is 89.0 Å². The first-order valence-electron chi connectivity index (χ1n) is 21.8. The molecule has 0 radical (unpaired) electrons. The summed E-state index contributed by atoms with van der Waals surface area (Å²) in [5.74, 6) is 0. The van der Waals surface area contributed by atoms with Gasteiger partial charge in [-0.2, -0.15) is 0 Å². The smallest absolute Gasteiger partial charge is 0.227 e. The molecule has 0 amide bonds. The Labute approximate surface area is 381 Å². The van der Waals surface area contributed by atoms with Crippen LogP contribution >= 0.6 is 22.7 Å². The van der Waals surface area contributed by atoms with Crippen molar-refractivity contribution in [2.75, 3.05) is 0 Å². The van der Waals surface area contributed by atoms with Crippen molar-refractivity contribution in [3.05, 3.63) is 213 Å². The average Bonchev–Trinajstić information content (AvgIpc) is 4.14. The van der Waals surface area contributed by atoms with E-state index in [1.807, 2.05) is 47.5 Å². The Kier molecular flexibility index (Phi) is 7.98. The minimum atomic E-state index is -3.32. The summed E-state index contributed by atoms with van der Waals surface area (Å²) in [5.41, 5.74) is 6.98. The molecule has 65 heavy (non-hydrogen) atoms. The third-order valence-corrected chi connectivity index (χ3v) is 20.9. The van der Waals surface area contributed by atoms with Gasteiger partial charge < -0.3 is 9.13 Å². The second-order valence-electron chi connectivity index (χ2n) is 16.7. The molecule has 0 aliphatic carbocycles. The standard InChI is InChI=1S/C57H35N5S2Si/c1-3-15-36(16-4-1)65(37-17-5-2-6-18-37,56-54-44(30-33-59-56)42-22-13-27-49(52(42)63-54)61-46-24-10-7-19-38(46)39-20-8-11-25-47(39)61)57-55-45(31-34-60-57)43-23-14-28-50(53(43)64-55)62-48-26-12-9-21-40(48)41-29-32-58-35-51(41)62/h1-35H. The van der Waals surface area contributed by atoms with E-state index in [4.69, 9.17) is 9.97 Å². The summed E-state index contributed by atoms with van der Waals surface area (Å²) in [6, 6.07) is 68.6. The Hall–Kier alpha value is -7.75. The number of fused-ring (bicyclic) bond motifs is 12. The number of pyridine rings is 3. The zero-order valence-corrected chi connectivity index (χ0v) is 37.4. The van der Waals surface area contributed by atoms with E-state index in [0.29, 0.717) is 0 Å². The fourth-order valence-electron chi connectivity index (χ4n) is 10.8. The second kappa shape index (κ2) is 14.1. The zero-order chi connectivity index (χ0) is 42.6. The van der Waals surface area contributed by atoms with E-state index in [9.17, 15) is 0 Å². The molecule has 14 rings (SSSR count). The van der Waals surface area contributed by atoms with Crippen LogP contribution in [-0.4, -0.2) is 32.2 Å². The van der Waals surface area contributed by atoms with Crippen molar-refractivity contribution in [2.24, 2.45) is 0 Å². The van der Waals surface area contributed by atoms with Gasteiger partial charge in [-0.15, -0.1) is 22.7 Å². The summed E-state index contributed by atoms with van der Waals surface area (Å²) >= 11 is 3.73. The predicted molar refractivity (Wildman–Crippen MR) is 278 cm³/mol. The van der Waals surface area contributed by atoms with Crippen LogP contribution < -0.4 is 21.0 Å². The SMILES string of the molecule is c1ccc([Si](c2ccccc2)(c2nccc3c2sc2c(-n4c5ccccc5c5ccccc54)cccc23)c2nccc3c2sc2c(-n4c5ccccc5c5ccncc54)cccc23)cc1. The third-order valence-electron chi connectivity index (χ3n) is 13.4. The Bertz CT molecular complexity index is 3830. The van der Waals surface area contributed by atoms with Crippen molar-refractivity contribution in [2.45, 2.75) is 0 Å². The highest BCUT2D eigenvalue weighted by Gasteiger charge is 2.47. The van der Waals surface area contributed by atoms with Crippen molar-refractivity contribution in [1.29, 1.82) is 0 Å². The van der Waals surface area contributed by atoms with E-state index in [1.54, 1.807) is 0 Å². The van der Waals surface area contributed by atoms with Crippen LogP contribution in [0.25, 0.3) is 95.3 Å². The van der Waals surface area contributed by atoms with Gasteiger partial charge in [0.1, 0.15) is 0 Å². The van der Waals surface area contributed by atoms with E-state index in [-0.39, 0.29) is 0 Å². The largest absolute Gasteiger partial charge is 0.308 e. The molecule has 7 aromatic heterocycles. The van der Waals surface area contributed by atoms with Gasteiger partial charge in [0, 0.05) is 61.7 Å². The first-order chi connectivity index (χ1) is 32.3. The van der Waals surface area contributed by atoms with Gasteiger partial charge in [0.15, 0.2) is 0 Å². The van der Waals surface area contributed by atoms with Gasteiger partial charge in [-0.25, -0.2) is 0 Å². The molecule has 8 heteroatoms. The number of benzene rings is 7. The number of rotatable bonds is 6. The van der Waals surface area contributed by atoms with Gasteiger partial charge in [0.2, 0.25) is 8.07 Å². The maximum atomic E-state index is 5.60. The van der Waals surface area contributed by atoms with Crippen molar-refractivity contribution in [3.8, 4) is 11.4 Å². The van der Waals surface area contributed by atoms with Crippen LogP contribution in [0.1, 0.15) is 0 Å². The quantitative estimate of drug-likeness (QED) is 0.156. The highest BCUT2D eigenvalue weighted by atomic mass is 32.1. The lowest BCUT2D eigenvalue weighted by molar-refractivity contribution is 1.18. The maximum absolute atomic E-state index is 5.60. The molecule has 5 nitrogen and oxygen atoms in total. The number of hydrogen-bond donors (Lipinski definition) is 0. The summed E-state index contributed by atoms with van der Waals surface area (Å²) in [6.45, 7) is 0. The summed E-state index contributed by atoms with van der Waals surface area (Å²) in [7, 11) is -3.32. The van der Waals surface area contributed by atoms with Crippen LogP contribution in [0.4, 0.5) is 0 Å². The molecule has 304 valence electrons. The van der Waals surface area contributed by atoms with E-state index in [2.05, 4.69) is 202 Å². The second-order valence-corrected chi connectivity index (χ2v) is 22.3. The van der Waals surface area contributed by atoms with Gasteiger partial charge in [-0.1, -0.05) is 140 Å². The zero-order valence-electron chi connectivity index (χ0n) is 34.8. The first-order valence-corrected chi connectivity index (χ1v) is 25.5. The molecule has 0 bridgehead atoms. The lowest BCUT2D eigenvalue weighted by Gasteiger charge is -2.32.